The van der Waals surface area contributed by atoms with Gasteiger partial charge in [0.25, 0.3) is 5.91 Å². The molecule has 2 aromatic carbocycles. The average Bonchev–Trinajstić information content (AvgIpc) is 2.47. The number of anilines is 1. The lowest BCUT2D eigenvalue weighted by atomic mass is 10.1. The molecule has 0 saturated heterocycles. The number of ether oxygens (including phenoxy) is 1. The summed E-state index contributed by atoms with van der Waals surface area (Å²) in [6.07, 6.45) is -5.46. The fourth-order valence-electron chi connectivity index (χ4n) is 1.83. The zero-order valence-corrected chi connectivity index (χ0v) is 11.7. The topological polar surface area (TPSA) is 38.3 Å². The molecule has 116 valence electrons. The molecular formula is C16H14F3NO2. The van der Waals surface area contributed by atoms with Crippen LogP contribution in [-0.4, -0.2) is 12.0 Å². The van der Waals surface area contributed by atoms with Gasteiger partial charge in [-0.1, -0.05) is 30.3 Å². The molecule has 0 heterocycles. The summed E-state index contributed by atoms with van der Waals surface area (Å²) in [5.74, 6) is -0.185. The number of carbonyl (C=O) groups is 1. The van der Waals surface area contributed by atoms with Gasteiger partial charge in [-0.2, -0.15) is 13.2 Å². The molecule has 0 aliphatic heterocycles. The Morgan fingerprint density at radius 3 is 2.27 bits per heavy atom. The molecule has 1 N–H and O–H groups in total. The van der Waals surface area contributed by atoms with E-state index in [4.69, 9.17) is 4.74 Å². The fraction of sp³-hybridized carbons (Fsp3) is 0.188. The number of amides is 1. The summed E-state index contributed by atoms with van der Waals surface area (Å²) >= 11 is 0. The molecule has 3 nitrogen and oxygen atoms in total. The van der Waals surface area contributed by atoms with E-state index >= 15 is 0 Å². The number of para-hydroxylation sites is 2. The number of benzene rings is 2. The van der Waals surface area contributed by atoms with Gasteiger partial charge >= 0.3 is 6.18 Å². The van der Waals surface area contributed by atoms with Gasteiger partial charge in [-0.15, -0.1) is 0 Å². The smallest absolute Gasteiger partial charge is 0.418 e. The highest BCUT2D eigenvalue weighted by Crippen LogP contribution is 2.34. The molecule has 2 rings (SSSR count). The van der Waals surface area contributed by atoms with Crippen LogP contribution in [0.25, 0.3) is 0 Å². The molecule has 0 aliphatic rings. The van der Waals surface area contributed by atoms with Crippen LogP contribution in [0.3, 0.4) is 0 Å². The molecular weight excluding hydrogens is 295 g/mol. The van der Waals surface area contributed by atoms with Gasteiger partial charge in [-0.25, -0.2) is 0 Å². The van der Waals surface area contributed by atoms with Crippen molar-refractivity contribution in [2.24, 2.45) is 0 Å². The summed E-state index contributed by atoms with van der Waals surface area (Å²) < 4.78 is 44.0. The molecule has 0 radical (unpaired) electrons. The van der Waals surface area contributed by atoms with E-state index in [1.165, 1.54) is 25.1 Å². The largest absolute Gasteiger partial charge is 0.481 e. The minimum Gasteiger partial charge on any atom is -0.481 e. The van der Waals surface area contributed by atoms with Crippen LogP contribution in [0.5, 0.6) is 5.75 Å². The third-order valence-corrected chi connectivity index (χ3v) is 2.92. The maximum atomic E-state index is 12.9. The molecule has 0 fully saturated rings. The predicted octanol–water partition coefficient (Wildman–Crippen LogP) is 4.11. The van der Waals surface area contributed by atoms with Crippen molar-refractivity contribution in [1.29, 1.82) is 0 Å². The zero-order valence-electron chi connectivity index (χ0n) is 11.7. The molecule has 22 heavy (non-hydrogen) atoms. The Balaban J connectivity index is 2.09. The number of hydrogen-bond donors (Lipinski definition) is 1. The number of hydrogen-bond acceptors (Lipinski definition) is 2. The molecule has 0 aliphatic carbocycles. The quantitative estimate of drug-likeness (QED) is 0.923. The minimum atomic E-state index is -4.53. The molecule has 0 spiro atoms. The van der Waals surface area contributed by atoms with Gasteiger partial charge in [-0.05, 0) is 31.2 Å². The van der Waals surface area contributed by atoms with Crippen molar-refractivity contribution in [3.8, 4) is 5.75 Å². The van der Waals surface area contributed by atoms with E-state index in [0.717, 1.165) is 6.07 Å². The summed E-state index contributed by atoms with van der Waals surface area (Å²) in [7, 11) is 0. The van der Waals surface area contributed by atoms with Crippen LogP contribution in [0.2, 0.25) is 0 Å². The summed E-state index contributed by atoms with van der Waals surface area (Å²) in [5.41, 5.74) is -1.18. The summed E-state index contributed by atoms with van der Waals surface area (Å²) in [6.45, 7) is 1.47. The van der Waals surface area contributed by atoms with Crippen molar-refractivity contribution >= 4 is 11.6 Å². The molecule has 1 atom stereocenters. The maximum absolute atomic E-state index is 12.9. The van der Waals surface area contributed by atoms with Crippen LogP contribution in [-0.2, 0) is 11.0 Å². The lowest BCUT2D eigenvalue weighted by molar-refractivity contribution is -0.137. The first kappa shape index (κ1) is 15.9. The third kappa shape index (κ3) is 4.00. The van der Waals surface area contributed by atoms with Crippen molar-refractivity contribution in [3.63, 3.8) is 0 Å². The van der Waals surface area contributed by atoms with Gasteiger partial charge < -0.3 is 10.1 Å². The molecule has 0 bridgehead atoms. The van der Waals surface area contributed by atoms with E-state index in [1.54, 1.807) is 30.3 Å². The van der Waals surface area contributed by atoms with Crippen LogP contribution in [0.1, 0.15) is 12.5 Å². The minimum absolute atomic E-state index is 0.288. The normalized spacial score (nSPS) is 12.5. The van der Waals surface area contributed by atoms with E-state index < -0.39 is 23.8 Å². The number of halogens is 3. The Morgan fingerprint density at radius 2 is 1.64 bits per heavy atom. The fourth-order valence-corrected chi connectivity index (χ4v) is 1.83. The predicted molar refractivity (Wildman–Crippen MR) is 76.6 cm³/mol. The van der Waals surface area contributed by atoms with Gasteiger partial charge in [0.15, 0.2) is 6.10 Å². The number of alkyl halides is 3. The average molecular weight is 309 g/mol. The first-order valence-electron chi connectivity index (χ1n) is 6.56. The van der Waals surface area contributed by atoms with E-state index in [-0.39, 0.29) is 5.69 Å². The second kappa shape index (κ2) is 6.51. The SMILES string of the molecule is C[C@H](Oc1ccccc1)C(=O)Nc1ccccc1C(F)(F)F. The van der Waals surface area contributed by atoms with Crippen molar-refractivity contribution in [1.82, 2.24) is 0 Å². The van der Waals surface area contributed by atoms with E-state index in [2.05, 4.69) is 5.32 Å². The maximum Gasteiger partial charge on any atom is 0.418 e. The highest BCUT2D eigenvalue weighted by molar-refractivity contribution is 5.94. The van der Waals surface area contributed by atoms with Crippen molar-refractivity contribution in [3.05, 3.63) is 60.2 Å². The molecule has 0 unspecified atom stereocenters. The monoisotopic (exact) mass is 309 g/mol. The number of carbonyl (C=O) groups excluding carboxylic acids is 1. The van der Waals surface area contributed by atoms with Gasteiger partial charge in [0, 0.05) is 0 Å². The number of rotatable bonds is 4. The Hall–Kier alpha value is -2.50. The van der Waals surface area contributed by atoms with Crippen LogP contribution in [0.15, 0.2) is 54.6 Å². The van der Waals surface area contributed by atoms with E-state index in [9.17, 15) is 18.0 Å². The van der Waals surface area contributed by atoms with Crippen LogP contribution in [0.4, 0.5) is 18.9 Å². The van der Waals surface area contributed by atoms with Crippen LogP contribution >= 0.6 is 0 Å². The van der Waals surface area contributed by atoms with Crippen LogP contribution < -0.4 is 10.1 Å². The van der Waals surface area contributed by atoms with Crippen molar-refractivity contribution in [2.75, 3.05) is 5.32 Å². The molecule has 2 aromatic rings. The lowest BCUT2D eigenvalue weighted by Gasteiger charge is -2.17. The van der Waals surface area contributed by atoms with Gasteiger partial charge in [0.1, 0.15) is 5.75 Å². The van der Waals surface area contributed by atoms with Gasteiger partial charge in [0.2, 0.25) is 0 Å². The van der Waals surface area contributed by atoms with Crippen molar-refractivity contribution < 1.29 is 22.7 Å². The Morgan fingerprint density at radius 1 is 1.05 bits per heavy atom. The Bertz CT molecular complexity index is 641. The van der Waals surface area contributed by atoms with Crippen molar-refractivity contribution in [2.45, 2.75) is 19.2 Å². The second-order valence-corrected chi connectivity index (χ2v) is 4.61. The van der Waals surface area contributed by atoms with E-state index in [1.807, 2.05) is 0 Å². The third-order valence-electron chi connectivity index (χ3n) is 2.92. The van der Waals surface area contributed by atoms with Crippen LogP contribution in [0, 0.1) is 0 Å². The zero-order chi connectivity index (χ0) is 16.2. The molecule has 0 aromatic heterocycles. The Kier molecular flexibility index (Phi) is 4.70. The number of nitrogens with one attached hydrogen (secondary N) is 1. The lowest BCUT2D eigenvalue weighted by Crippen LogP contribution is -2.31. The highest BCUT2D eigenvalue weighted by Gasteiger charge is 2.33. The first-order chi connectivity index (χ1) is 10.4. The molecule has 1 amide bonds. The van der Waals surface area contributed by atoms with E-state index in [0.29, 0.717) is 5.75 Å². The van der Waals surface area contributed by atoms with Gasteiger partial charge in [-0.3, -0.25) is 4.79 Å². The molecule has 6 heteroatoms. The summed E-state index contributed by atoms with van der Waals surface area (Å²) in [5, 5.41) is 2.25. The second-order valence-electron chi connectivity index (χ2n) is 4.61. The summed E-state index contributed by atoms with van der Waals surface area (Å²) in [6, 6.07) is 13.4. The Labute approximate surface area is 125 Å². The standard InChI is InChI=1S/C16H14F3NO2/c1-11(22-12-7-3-2-4-8-12)15(21)20-14-10-6-5-9-13(14)16(17,18)19/h2-11H,1H3,(H,20,21)/t11-/m0/s1. The summed E-state index contributed by atoms with van der Waals surface area (Å²) in [4.78, 5) is 12.0. The first-order valence-corrected chi connectivity index (χ1v) is 6.56. The van der Waals surface area contributed by atoms with Gasteiger partial charge in [0.05, 0.1) is 11.3 Å². The highest BCUT2D eigenvalue weighted by atomic mass is 19.4. The molecule has 0 saturated carbocycles.